The number of carbonyl (C=O) groups excluding carboxylic acids is 4. The number of nitrogens with zero attached hydrogens (tertiary/aromatic N) is 2. The Morgan fingerprint density at radius 2 is 1.17 bits per heavy atom. The van der Waals surface area contributed by atoms with Crippen LogP contribution in [0.15, 0.2) is 0 Å². The summed E-state index contributed by atoms with van der Waals surface area (Å²) in [4.78, 5) is 55.4. The molecule has 0 bridgehead atoms. The third-order valence-corrected chi connectivity index (χ3v) is 7.93. The quantitative estimate of drug-likeness (QED) is 0.677. The highest BCUT2D eigenvalue weighted by molar-refractivity contribution is 6.11. The zero-order valence-corrected chi connectivity index (χ0v) is 17.8. The van der Waals surface area contributed by atoms with Crippen LogP contribution < -0.4 is 0 Å². The van der Waals surface area contributed by atoms with Crippen molar-refractivity contribution in [3.8, 4) is 0 Å². The van der Waals surface area contributed by atoms with Crippen molar-refractivity contribution in [1.29, 1.82) is 0 Å². The van der Waals surface area contributed by atoms with Gasteiger partial charge in [0, 0.05) is 24.4 Å². The zero-order valence-electron chi connectivity index (χ0n) is 17.8. The smallest absolute Gasteiger partial charge is 0.234 e. The van der Waals surface area contributed by atoms with Gasteiger partial charge in [-0.25, -0.2) is 0 Å². The number of hydrogen-bond acceptors (Lipinski definition) is 4. The zero-order chi connectivity index (χ0) is 20.7. The predicted molar refractivity (Wildman–Crippen MR) is 107 cm³/mol. The van der Waals surface area contributed by atoms with Gasteiger partial charge in [0.25, 0.3) is 0 Å². The molecule has 0 aromatic heterocycles. The molecule has 4 aliphatic rings. The van der Waals surface area contributed by atoms with Gasteiger partial charge in [0.05, 0.1) is 11.8 Å². The average molecular weight is 403 g/mol. The molecule has 2 aliphatic heterocycles. The average Bonchev–Trinajstić information content (AvgIpc) is 3.07. The van der Waals surface area contributed by atoms with Crippen LogP contribution >= 0.6 is 0 Å². The molecule has 0 radical (unpaired) electrons. The number of amides is 4. The van der Waals surface area contributed by atoms with Gasteiger partial charge in [-0.15, -0.1) is 0 Å². The third-order valence-electron chi connectivity index (χ3n) is 7.93. The molecule has 29 heavy (non-hydrogen) atoms. The molecule has 4 atom stereocenters. The van der Waals surface area contributed by atoms with Crippen LogP contribution in [0.4, 0.5) is 0 Å². The maximum absolute atomic E-state index is 13.3. The molecule has 4 amide bonds. The minimum Gasteiger partial charge on any atom is -0.282 e. The van der Waals surface area contributed by atoms with Crippen molar-refractivity contribution in [3.05, 3.63) is 0 Å². The van der Waals surface area contributed by atoms with Crippen molar-refractivity contribution >= 4 is 23.6 Å². The van der Waals surface area contributed by atoms with Gasteiger partial charge < -0.3 is 0 Å². The minimum absolute atomic E-state index is 0.0305. The minimum atomic E-state index is -0.689. The van der Waals surface area contributed by atoms with Gasteiger partial charge in [0.15, 0.2) is 0 Å². The lowest BCUT2D eigenvalue weighted by atomic mass is 9.78. The van der Waals surface area contributed by atoms with Crippen LogP contribution in [0.5, 0.6) is 0 Å². The summed E-state index contributed by atoms with van der Waals surface area (Å²) in [7, 11) is 0. The first-order valence-corrected chi connectivity index (χ1v) is 11.6. The number of imide groups is 2. The normalized spacial score (nSPS) is 35.2. The van der Waals surface area contributed by atoms with Gasteiger partial charge in [0.1, 0.15) is 0 Å². The molecule has 6 nitrogen and oxygen atoms in total. The predicted octanol–water partition coefficient (Wildman–Crippen LogP) is 3.14. The second kappa shape index (κ2) is 8.19. The Balaban J connectivity index is 1.53. The first-order valence-electron chi connectivity index (χ1n) is 11.6. The van der Waals surface area contributed by atoms with Crippen molar-refractivity contribution in [1.82, 2.24) is 9.80 Å². The molecule has 2 saturated heterocycles. The molecule has 0 N–H and O–H groups in total. The van der Waals surface area contributed by atoms with E-state index in [1.165, 1.54) is 16.2 Å². The number of rotatable bonds is 4. The molecule has 2 aliphatic carbocycles. The first kappa shape index (κ1) is 20.5. The molecule has 4 unspecified atom stereocenters. The maximum Gasteiger partial charge on any atom is 0.234 e. The SMILES string of the molecule is CC1C(=O)N(CC2CCCCC2)C(=O)C1C1C(=O)N(C2CCCCC2)C(=O)C1C. The Morgan fingerprint density at radius 3 is 1.79 bits per heavy atom. The fourth-order valence-corrected chi connectivity index (χ4v) is 6.19. The van der Waals surface area contributed by atoms with Crippen LogP contribution in [0, 0.1) is 29.6 Å². The highest BCUT2D eigenvalue weighted by atomic mass is 16.2. The lowest BCUT2D eigenvalue weighted by Gasteiger charge is -2.30. The van der Waals surface area contributed by atoms with E-state index in [0.717, 1.165) is 57.8 Å². The Labute approximate surface area is 173 Å². The topological polar surface area (TPSA) is 74.8 Å². The lowest BCUT2D eigenvalue weighted by molar-refractivity contribution is -0.146. The summed E-state index contributed by atoms with van der Waals surface area (Å²) in [5, 5.41) is 0. The van der Waals surface area contributed by atoms with Crippen LogP contribution in [-0.2, 0) is 19.2 Å². The van der Waals surface area contributed by atoms with Gasteiger partial charge in [0.2, 0.25) is 23.6 Å². The summed E-state index contributed by atoms with van der Waals surface area (Å²) in [5.74, 6) is -2.80. The van der Waals surface area contributed by atoms with Gasteiger partial charge >= 0.3 is 0 Å². The molecule has 4 fully saturated rings. The van der Waals surface area contributed by atoms with E-state index in [9.17, 15) is 19.2 Å². The van der Waals surface area contributed by atoms with E-state index in [1.54, 1.807) is 13.8 Å². The molecular formula is C23H34N2O4. The van der Waals surface area contributed by atoms with Crippen LogP contribution in [0.1, 0.15) is 78.1 Å². The molecule has 2 saturated carbocycles. The van der Waals surface area contributed by atoms with E-state index in [2.05, 4.69) is 0 Å². The monoisotopic (exact) mass is 402 g/mol. The Hall–Kier alpha value is -1.72. The van der Waals surface area contributed by atoms with Gasteiger partial charge in [-0.1, -0.05) is 52.4 Å². The van der Waals surface area contributed by atoms with Crippen molar-refractivity contribution in [2.45, 2.75) is 84.1 Å². The second-order valence-electron chi connectivity index (χ2n) is 9.76. The van der Waals surface area contributed by atoms with E-state index in [0.29, 0.717) is 12.5 Å². The van der Waals surface area contributed by atoms with Gasteiger partial charge in [-0.3, -0.25) is 29.0 Å². The van der Waals surface area contributed by atoms with E-state index in [1.807, 2.05) is 0 Å². The lowest BCUT2D eigenvalue weighted by Crippen LogP contribution is -2.43. The molecule has 2 heterocycles. The number of likely N-dealkylation sites (tertiary alicyclic amines) is 2. The van der Waals surface area contributed by atoms with Crippen LogP contribution in [-0.4, -0.2) is 46.0 Å². The molecular weight excluding hydrogens is 368 g/mol. The summed E-state index contributed by atoms with van der Waals surface area (Å²) in [6.45, 7) is 4.01. The van der Waals surface area contributed by atoms with Crippen LogP contribution in [0.25, 0.3) is 0 Å². The molecule has 0 spiro atoms. The van der Waals surface area contributed by atoms with Crippen LogP contribution in [0.2, 0.25) is 0 Å². The van der Waals surface area contributed by atoms with Crippen LogP contribution in [0.3, 0.4) is 0 Å². The summed E-state index contributed by atoms with van der Waals surface area (Å²) in [6.07, 6.45) is 10.6. The number of hydrogen-bond donors (Lipinski definition) is 0. The molecule has 160 valence electrons. The second-order valence-corrected chi connectivity index (χ2v) is 9.76. The van der Waals surface area contributed by atoms with Gasteiger partial charge in [-0.2, -0.15) is 0 Å². The van der Waals surface area contributed by atoms with E-state index in [4.69, 9.17) is 0 Å². The number of carbonyl (C=O) groups is 4. The van der Waals surface area contributed by atoms with Crippen molar-refractivity contribution in [2.24, 2.45) is 29.6 Å². The Bertz CT molecular complexity index is 693. The molecule has 6 heteroatoms. The van der Waals surface area contributed by atoms with E-state index >= 15 is 0 Å². The standard InChI is InChI=1S/C23H34N2O4/c1-14-18(22(28)24(20(14)26)13-16-9-5-3-6-10-16)19-15(2)21(27)25(23(19)29)17-11-7-4-8-12-17/h14-19H,3-13H2,1-2H3. The highest BCUT2D eigenvalue weighted by Gasteiger charge is 2.58. The summed E-state index contributed by atoms with van der Waals surface area (Å²) >= 11 is 0. The molecule has 0 aromatic rings. The molecule has 0 aromatic carbocycles. The highest BCUT2D eigenvalue weighted by Crippen LogP contribution is 2.43. The maximum atomic E-state index is 13.3. The summed E-state index contributed by atoms with van der Waals surface area (Å²) < 4.78 is 0. The Morgan fingerprint density at radius 1 is 0.655 bits per heavy atom. The van der Waals surface area contributed by atoms with Gasteiger partial charge in [-0.05, 0) is 31.6 Å². The summed E-state index contributed by atoms with van der Waals surface area (Å²) in [6, 6.07) is -0.0305. The van der Waals surface area contributed by atoms with Crippen molar-refractivity contribution in [3.63, 3.8) is 0 Å². The molecule has 4 rings (SSSR count). The fraction of sp³-hybridized carbons (Fsp3) is 0.826. The fourth-order valence-electron chi connectivity index (χ4n) is 6.19. The van der Waals surface area contributed by atoms with E-state index in [-0.39, 0.29) is 29.7 Å². The van der Waals surface area contributed by atoms with Crippen molar-refractivity contribution in [2.75, 3.05) is 6.54 Å². The summed E-state index contributed by atoms with van der Waals surface area (Å²) in [5.41, 5.74) is 0. The largest absolute Gasteiger partial charge is 0.282 e. The van der Waals surface area contributed by atoms with E-state index < -0.39 is 23.7 Å². The first-order chi connectivity index (χ1) is 13.9. The third kappa shape index (κ3) is 3.53. The van der Waals surface area contributed by atoms with Crippen molar-refractivity contribution < 1.29 is 19.2 Å². The Kier molecular flexibility index (Phi) is 5.80.